The number of rotatable bonds is 4. The summed E-state index contributed by atoms with van der Waals surface area (Å²) in [6.07, 6.45) is 1.04. The molecule has 0 bridgehead atoms. The number of nitriles is 1. The molecule has 0 saturated carbocycles. The first-order chi connectivity index (χ1) is 10.0. The summed E-state index contributed by atoms with van der Waals surface area (Å²) in [6, 6.07) is 10.7. The van der Waals surface area contributed by atoms with E-state index in [2.05, 4.69) is 6.07 Å². The lowest BCUT2D eigenvalue weighted by atomic mass is 10.1. The van der Waals surface area contributed by atoms with Gasteiger partial charge in [0.2, 0.25) is 5.62 Å². The number of aromatic nitrogens is 2. The number of unbranched alkanes of at least 4 members (excludes halogenated alkanes) is 1. The van der Waals surface area contributed by atoms with Gasteiger partial charge in [0.1, 0.15) is 0 Å². The van der Waals surface area contributed by atoms with Crippen molar-refractivity contribution in [1.82, 2.24) is 9.13 Å². The summed E-state index contributed by atoms with van der Waals surface area (Å²) in [5.41, 5.74) is 1.37. The smallest absolute Gasteiger partial charge is 0.255 e. The second kappa shape index (κ2) is 6.42. The number of halogens is 1. The Kier molecular flexibility index (Phi) is 4.61. The van der Waals surface area contributed by atoms with Gasteiger partial charge in [-0.1, -0.05) is 23.7 Å². The van der Waals surface area contributed by atoms with E-state index in [-0.39, 0.29) is 11.2 Å². The summed E-state index contributed by atoms with van der Waals surface area (Å²) in [5, 5.41) is 17.4. The van der Waals surface area contributed by atoms with Crippen molar-refractivity contribution in [3.05, 3.63) is 51.3 Å². The van der Waals surface area contributed by atoms with Gasteiger partial charge in [-0.25, -0.2) is 0 Å². The molecule has 21 heavy (non-hydrogen) atoms. The normalized spacial score (nSPS) is 10.3. The molecule has 0 aliphatic carbocycles. The molecule has 2 rings (SSSR count). The maximum atomic E-state index is 11.9. The van der Waals surface area contributed by atoms with Crippen LogP contribution in [-0.4, -0.2) is 9.13 Å². The van der Waals surface area contributed by atoms with Crippen molar-refractivity contribution in [3.63, 3.8) is 0 Å². The Morgan fingerprint density at radius 1 is 1.33 bits per heavy atom. The number of nitrogens with one attached hydrogen (secondary N) is 1. The Bertz CT molecular complexity index is 796. The molecule has 0 atom stereocenters. The molecule has 0 radical (unpaired) electrons. The molecular formula is C15H15ClN4O. The first kappa shape index (κ1) is 15.1. The topological polar surface area (TPSA) is 74.6 Å². The average molecular weight is 303 g/mol. The summed E-state index contributed by atoms with van der Waals surface area (Å²) in [5.74, 6) is 0. The fourth-order valence-electron chi connectivity index (χ4n) is 2.09. The fraction of sp³-hybridized carbons (Fsp3) is 0.267. The molecule has 1 N–H and O–H groups in total. The standard InChI is InChI=1S/C15H15ClN4O/c1-19-14(21)10-13(11-4-6-12(16)7-5-11)20(15(19)18)9-3-2-8-17/h4-7,10,18H,2-3,9H2,1H3. The lowest BCUT2D eigenvalue weighted by Gasteiger charge is -2.15. The van der Waals surface area contributed by atoms with Gasteiger partial charge in [-0.05, 0) is 24.1 Å². The van der Waals surface area contributed by atoms with Crippen LogP contribution in [0.15, 0.2) is 35.1 Å². The van der Waals surface area contributed by atoms with Crippen LogP contribution >= 0.6 is 11.6 Å². The molecule has 5 nitrogen and oxygen atoms in total. The number of nitrogens with zero attached hydrogens (tertiary/aromatic N) is 3. The quantitative estimate of drug-likeness (QED) is 0.880. The molecule has 6 heteroatoms. The first-order valence-electron chi connectivity index (χ1n) is 6.53. The summed E-state index contributed by atoms with van der Waals surface area (Å²) in [6.45, 7) is 0.512. The lowest BCUT2D eigenvalue weighted by molar-refractivity contribution is 0.561. The highest BCUT2D eigenvalue weighted by Gasteiger charge is 2.09. The monoisotopic (exact) mass is 302 g/mol. The second-order valence-corrected chi connectivity index (χ2v) is 5.11. The van der Waals surface area contributed by atoms with Gasteiger partial charge in [0.15, 0.2) is 0 Å². The average Bonchev–Trinajstić information content (AvgIpc) is 2.48. The molecule has 2 aromatic rings. The van der Waals surface area contributed by atoms with Gasteiger partial charge in [-0.3, -0.25) is 14.8 Å². The van der Waals surface area contributed by atoms with E-state index in [9.17, 15) is 4.79 Å². The molecule has 0 fully saturated rings. The van der Waals surface area contributed by atoms with Crippen LogP contribution in [0.3, 0.4) is 0 Å². The van der Waals surface area contributed by atoms with E-state index in [0.29, 0.717) is 30.1 Å². The molecule has 0 unspecified atom stereocenters. The number of benzene rings is 1. The second-order valence-electron chi connectivity index (χ2n) is 4.67. The predicted octanol–water partition coefficient (Wildman–Crippen LogP) is 2.29. The predicted molar refractivity (Wildman–Crippen MR) is 80.8 cm³/mol. The van der Waals surface area contributed by atoms with Crippen LogP contribution in [-0.2, 0) is 13.6 Å². The van der Waals surface area contributed by atoms with E-state index in [1.54, 1.807) is 23.7 Å². The van der Waals surface area contributed by atoms with Crippen LogP contribution in [0.5, 0.6) is 0 Å². The zero-order chi connectivity index (χ0) is 15.4. The van der Waals surface area contributed by atoms with E-state index in [0.717, 1.165) is 5.56 Å². The molecule has 0 spiro atoms. The van der Waals surface area contributed by atoms with Gasteiger partial charge < -0.3 is 4.57 Å². The number of hydrogen-bond acceptors (Lipinski definition) is 3. The van der Waals surface area contributed by atoms with Crippen LogP contribution in [0.2, 0.25) is 5.02 Å². The largest absolute Gasteiger partial charge is 0.312 e. The molecule has 1 aromatic heterocycles. The van der Waals surface area contributed by atoms with Crippen molar-refractivity contribution in [2.24, 2.45) is 7.05 Å². The molecule has 0 aliphatic rings. The molecule has 1 heterocycles. The summed E-state index contributed by atoms with van der Waals surface area (Å²) < 4.78 is 3.02. The third kappa shape index (κ3) is 3.23. The summed E-state index contributed by atoms with van der Waals surface area (Å²) >= 11 is 5.88. The lowest BCUT2D eigenvalue weighted by Crippen LogP contribution is -2.38. The maximum Gasteiger partial charge on any atom is 0.255 e. The Balaban J connectivity index is 2.58. The Hall–Kier alpha value is -2.32. The van der Waals surface area contributed by atoms with E-state index < -0.39 is 0 Å². The minimum Gasteiger partial charge on any atom is -0.312 e. The van der Waals surface area contributed by atoms with Crippen molar-refractivity contribution in [2.45, 2.75) is 19.4 Å². The van der Waals surface area contributed by atoms with E-state index >= 15 is 0 Å². The summed E-state index contributed by atoms with van der Waals surface area (Å²) in [4.78, 5) is 11.9. The Morgan fingerprint density at radius 2 is 2.00 bits per heavy atom. The van der Waals surface area contributed by atoms with Crippen molar-refractivity contribution in [3.8, 4) is 17.3 Å². The van der Waals surface area contributed by atoms with Gasteiger partial charge in [0.05, 0.1) is 11.8 Å². The summed E-state index contributed by atoms with van der Waals surface area (Å²) in [7, 11) is 1.57. The third-order valence-corrected chi connectivity index (χ3v) is 3.52. The van der Waals surface area contributed by atoms with Gasteiger partial charge in [0, 0.05) is 31.1 Å². The first-order valence-corrected chi connectivity index (χ1v) is 6.90. The molecule has 0 saturated heterocycles. The van der Waals surface area contributed by atoms with Gasteiger partial charge in [-0.2, -0.15) is 5.26 Å². The van der Waals surface area contributed by atoms with Gasteiger partial charge in [-0.15, -0.1) is 0 Å². The van der Waals surface area contributed by atoms with E-state index in [1.807, 2.05) is 12.1 Å². The molecule has 108 valence electrons. The Morgan fingerprint density at radius 3 is 2.62 bits per heavy atom. The van der Waals surface area contributed by atoms with Crippen LogP contribution < -0.4 is 11.2 Å². The maximum absolute atomic E-state index is 11.9. The molecule has 0 amide bonds. The molecule has 0 aliphatic heterocycles. The van der Waals surface area contributed by atoms with E-state index in [1.165, 1.54) is 10.6 Å². The van der Waals surface area contributed by atoms with Crippen molar-refractivity contribution in [2.75, 3.05) is 0 Å². The highest BCUT2D eigenvalue weighted by Crippen LogP contribution is 2.19. The molecule has 1 aromatic carbocycles. The van der Waals surface area contributed by atoms with Crippen LogP contribution in [0.25, 0.3) is 11.3 Å². The highest BCUT2D eigenvalue weighted by molar-refractivity contribution is 6.30. The van der Waals surface area contributed by atoms with Crippen molar-refractivity contribution in [1.29, 1.82) is 10.7 Å². The molecular weight excluding hydrogens is 288 g/mol. The minimum absolute atomic E-state index is 0.116. The zero-order valence-electron chi connectivity index (χ0n) is 11.6. The van der Waals surface area contributed by atoms with Gasteiger partial charge >= 0.3 is 0 Å². The van der Waals surface area contributed by atoms with Crippen LogP contribution in [0, 0.1) is 16.7 Å². The van der Waals surface area contributed by atoms with Crippen molar-refractivity contribution >= 4 is 11.6 Å². The van der Waals surface area contributed by atoms with Crippen LogP contribution in [0.1, 0.15) is 12.8 Å². The Labute approximate surface area is 127 Å². The minimum atomic E-state index is -0.235. The van der Waals surface area contributed by atoms with Gasteiger partial charge in [0.25, 0.3) is 5.56 Å². The van der Waals surface area contributed by atoms with E-state index in [4.69, 9.17) is 22.3 Å². The zero-order valence-corrected chi connectivity index (χ0v) is 12.4. The van der Waals surface area contributed by atoms with Crippen LogP contribution in [0.4, 0.5) is 0 Å². The highest BCUT2D eigenvalue weighted by atomic mass is 35.5. The number of hydrogen-bond donors (Lipinski definition) is 1. The SMILES string of the molecule is Cn1c(=O)cc(-c2ccc(Cl)cc2)n(CCCC#N)c1=N. The fourth-order valence-corrected chi connectivity index (χ4v) is 2.22. The third-order valence-electron chi connectivity index (χ3n) is 3.27. The van der Waals surface area contributed by atoms with Crippen molar-refractivity contribution < 1.29 is 0 Å².